The van der Waals surface area contributed by atoms with Crippen LogP contribution in [0.3, 0.4) is 0 Å². The first-order valence-corrected chi connectivity index (χ1v) is 10.6. The summed E-state index contributed by atoms with van der Waals surface area (Å²) in [5, 5.41) is 7.20. The Kier molecular flexibility index (Phi) is 8.17. The molecule has 0 aliphatic carbocycles. The monoisotopic (exact) mass is 356 g/mol. The van der Waals surface area contributed by atoms with Crippen LogP contribution in [0, 0.1) is 5.92 Å². The molecule has 2 N–H and O–H groups in total. The molecule has 0 saturated carbocycles. The quantitative estimate of drug-likeness (QED) is 0.564. The van der Waals surface area contributed by atoms with E-state index >= 15 is 0 Å². The highest BCUT2D eigenvalue weighted by Gasteiger charge is 2.32. The summed E-state index contributed by atoms with van der Waals surface area (Å²) in [5.74, 6) is 1.71. The molecule has 6 heteroatoms. The van der Waals surface area contributed by atoms with Crippen molar-refractivity contribution in [3.05, 3.63) is 0 Å². The smallest absolute Gasteiger partial charge is 0.191 e. The van der Waals surface area contributed by atoms with E-state index in [0.717, 1.165) is 44.5 Å². The predicted octanol–water partition coefficient (Wildman–Crippen LogP) is 2.18. The number of hydrogen-bond acceptors (Lipinski definition) is 4. The first-order valence-electron chi connectivity index (χ1n) is 9.39. The maximum Gasteiger partial charge on any atom is 0.191 e. The van der Waals surface area contributed by atoms with Crippen molar-refractivity contribution in [1.29, 1.82) is 0 Å². The second-order valence-electron chi connectivity index (χ2n) is 7.54. The van der Waals surface area contributed by atoms with Gasteiger partial charge in [-0.3, -0.25) is 4.99 Å². The zero-order valence-electron chi connectivity index (χ0n) is 15.9. The van der Waals surface area contributed by atoms with Gasteiger partial charge in [-0.2, -0.15) is 11.8 Å². The van der Waals surface area contributed by atoms with Crippen molar-refractivity contribution in [2.24, 2.45) is 10.9 Å². The average molecular weight is 357 g/mol. The average Bonchev–Trinajstić information content (AvgIpc) is 2.60. The number of nitrogens with one attached hydrogen (secondary N) is 2. The van der Waals surface area contributed by atoms with Crippen LogP contribution in [0.4, 0.5) is 0 Å². The van der Waals surface area contributed by atoms with Gasteiger partial charge in [-0.25, -0.2) is 0 Å². The molecule has 2 aliphatic rings. The van der Waals surface area contributed by atoms with Gasteiger partial charge in [0.2, 0.25) is 0 Å². The fraction of sp³-hybridized carbons (Fsp3) is 0.944. The highest BCUT2D eigenvalue weighted by Crippen LogP contribution is 2.32. The summed E-state index contributed by atoms with van der Waals surface area (Å²) in [6.07, 6.45) is 6.86. The molecule has 0 aromatic rings. The summed E-state index contributed by atoms with van der Waals surface area (Å²) in [7, 11) is 1.87. The number of rotatable bonds is 6. The summed E-state index contributed by atoms with van der Waals surface area (Å²) in [6.45, 7) is 10.9. The molecule has 0 aromatic carbocycles. The number of aliphatic imine (C=N–C) groups is 1. The Morgan fingerprint density at radius 3 is 2.50 bits per heavy atom. The van der Waals surface area contributed by atoms with Crippen molar-refractivity contribution >= 4 is 17.7 Å². The third kappa shape index (κ3) is 6.12. The molecule has 0 radical (unpaired) electrons. The number of likely N-dealkylation sites (tertiary alicyclic amines) is 1. The standard InChI is InChI=1S/C18H36N4OS/c1-15(2)13-22-9-5-16(6-10-22)21-17(19-3)20-14-18(24-4)7-11-23-12-8-18/h15-16H,5-14H2,1-4H3,(H2,19,20,21). The minimum atomic E-state index is 0.288. The Bertz CT molecular complexity index is 388. The van der Waals surface area contributed by atoms with Gasteiger partial charge >= 0.3 is 0 Å². The Morgan fingerprint density at radius 1 is 1.29 bits per heavy atom. The Labute approximate surface area is 152 Å². The van der Waals surface area contributed by atoms with Gasteiger partial charge in [0.05, 0.1) is 0 Å². The van der Waals surface area contributed by atoms with Gasteiger partial charge in [-0.15, -0.1) is 0 Å². The number of guanidine groups is 1. The molecule has 2 fully saturated rings. The first kappa shape index (κ1) is 19.9. The molecule has 24 heavy (non-hydrogen) atoms. The molecule has 2 aliphatic heterocycles. The minimum Gasteiger partial charge on any atom is -0.381 e. The maximum atomic E-state index is 5.53. The minimum absolute atomic E-state index is 0.288. The number of hydrogen-bond donors (Lipinski definition) is 2. The number of thioether (sulfide) groups is 1. The third-order valence-corrected chi connectivity index (χ3v) is 6.61. The summed E-state index contributed by atoms with van der Waals surface area (Å²) in [4.78, 5) is 7.03. The SMILES string of the molecule is CN=C(NCC1(SC)CCOCC1)NC1CCN(CC(C)C)CC1. The fourth-order valence-electron chi connectivity index (χ4n) is 3.61. The van der Waals surface area contributed by atoms with Crippen molar-refractivity contribution in [3.63, 3.8) is 0 Å². The maximum absolute atomic E-state index is 5.53. The van der Waals surface area contributed by atoms with Gasteiger partial charge in [-0.1, -0.05) is 13.8 Å². The van der Waals surface area contributed by atoms with Crippen molar-refractivity contribution < 1.29 is 4.74 Å². The van der Waals surface area contributed by atoms with Crippen LogP contribution in [-0.2, 0) is 4.74 Å². The van der Waals surface area contributed by atoms with E-state index in [-0.39, 0.29) is 4.75 Å². The molecule has 0 spiro atoms. The predicted molar refractivity (Wildman–Crippen MR) is 105 cm³/mol. The number of nitrogens with zero attached hydrogens (tertiary/aromatic N) is 2. The molecule has 2 heterocycles. The molecule has 5 nitrogen and oxygen atoms in total. The molecule has 2 rings (SSSR count). The van der Waals surface area contributed by atoms with E-state index in [1.807, 2.05) is 18.8 Å². The molecular formula is C18H36N4OS. The fourth-order valence-corrected chi connectivity index (χ4v) is 4.40. The molecule has 0 atom stereocenters. The molecule has 0 bridgehead atoms. The lowest BCUT2D eigenvalue weighted by atomic mass is 9.99. The molecule has 0 amide bonds. The van der Waals surface area contributed by atoms with Gasteiger partial charge < -0.3 is 20.3 Å². The van der Waals surface area contributed by atoms with Crippen molar-refractivity contribution in [3.8, 4) is 0 Å². The largest absolute Gasteiger partial charge is 0.381 e. The zero-order chi connectivity index (χ0) is 17.4. The normalized spacial score (nSPS) is 23.5. The van der Waals surface area contributed by atoms with Crippen molar-refractivity contribution in [1.82, 2.24) is 15.5 Å². The van der Waals surface area contributed by atoms with Gasteiger partial charge in [0, 0.05) is 57.2 Å². The van der Waals surface area contributed by atoms with Crippen LogP contribution in [0.1, 0.15) is 39.5 Å². The summed E-state index contributed by atoms with van der Waals surface area (Å²) in [6, 6.07) is 0.541. The van der Waals surface area contributed by atoms with Gasteiger partial charge in [0.25, 0.3) is 0 Å². The van der Waals surface area contributed by atoms with E-state index in [1.165, 1.54) is 32.5 Å². The van der Waals surface area contributed by atoms with Crippen molar-refractivity contribution in [2.75, 3.05) is 52.7 Å². The number of piperidine rings is 1. The van der Waals surface area contributed by atoms with Gasteiger partial charge in [-0.05, 0) is 37.9 Å². The van der Waals surface area contributed by atoms with Crippen LogP contribution in [-0.4, -0.2) is 74.3 Å². The lowest BCUT2D eigenvalue weighted by Crippen LogP contribution is -2.52. The van der Waals surface area contributed by atoms with Crippen LogP contribution in [0.5, 0.6) is 0 Å². The highest BCUT2D eigenvalue weighted by atomic mass is 32.2. The van der Waals surface area contributed by atoms with E-state index in [2.05, 4.69) is 40.6 Å². The molecule has 0 aromatic heterocycles. The Hall–Kier alpha value is -0.460. The number of ether oxygens (including phenoxy) is 1. The molecular weight excluding hydrogens is 320 g/mol. The second kappa shape index (κ2) is 9.88. The van der Waals surface area contributed by atoms with Crippen LogP contribution in [0.15, 0.2) is 4.99 Å². The van der Waals surface area contributed by atoms with Crippen LogP contribution in [0.25, 0.3) is 0 Å². The Balaban J connectivity index is 1.74. The van der Waals surface area contributed by atoms with E-state index in [4.69, 9.17) is 4.74 Å². The summed E-state index contributed by atoms with van der Waals surface area (Å²) < 4.78 is 5.82. The third-order valence-electron chi connectivity index (χ3n) is 5.19. The van der Waals surface area contributed by atoms with Crippen LogP contribution >= 0.6 is 11.8 Å². The second-order valence-corrected chi connectivity index (χ2v) is 8.81. The zero-order valence-corrected chi connectivity index (χ0v) is 16.8. The first-order chi connectivity index (χ1) is 11.6. The molecule has 2 saturated heterocycles. The Morgan fingerprint density at radius 2 is 1.96 bits per heavy atom. The lowest BCUT2D eigenvalue weighted by Gasteiger charge is -2.37. The van der Waals surface area contributed by atoms with Crippen molar-refractivity contribution in [2.45, 2.75) is 50.3 Å². The van der Waals surface area contributed by atoms with Gasteiger partial charge in [0.15, 0.2) is 5.96 Å². The van der Waals surface area contributed by atoms with E-state index < -0.39 is 0 Å². The topological polar surface area (TPSA) is 48.9 Å². The summed E-state index contributed by atoms with van der Waals surface area (Å²) in [5.41, 5.74) is 0. The summed E-state index contributed by atoms with van der Waals surface area (Å²) >= 11 is 1.97. The van der Waals surface area contributed by atoms with E-state index in [0.29, 0.717) is 6.04 Å². The highest BCUT2D eigenvalue weighted by molar-refractivity contribution is 8.00. The van der Waals surface area contributed by atoms with Crippen LogP contribution in [0.2, 0.25) is 0 Å². The lowest BCUT2D eigenvalue weighted by molar-refractivity contribution is 0.0782. The molecule has 140 valence electrons. The van der Waals surface area contributed by atoms with E-state index in [9.17, 15) is 0 Å². The van der Waals surface area contributed by atoms with E-state index in [1.54, 1.807) is 0 Å². The molecule has 0 unspecified atom stereocenters. The van der Waals surface area contributed by atoms with Crippen LogP contribution < -0.4 is 10.6 Å². The van der Waals surface area contributed by atoms with Gasteiger partial charge in [0.1, 0.15) is 0 Å².